The zero-order valence-electron chi connectivity index (χ0n) is 10.8. The van der Waals surface area contributed by atoms with E-state index >= 15 is 0 Å². The Bertz CT molecular complexity index is 506. The SMILES string of the molecule is O=C(c1cnc(C2(F)CCNCC2)c(Cl)c1)[C@@H](O)CO. The molecule has 2 rings (SSSR count). The van der Waals surface area contributed by atoms with Gasteiger partial charge >= 0.3 is 0 Å². The highest BCUT2D eigenvalue weighted by molar-refractivity contribution is 6.31. The number of Topliss-reactive ketones (excluding diaryl/α,β-unsaturated/α-hetero) is 1. The first-order chi connectivity index (χ1) is 9.48. The predicted octanol–water partition coefficient (Wildman–Crippen LogP) is 0.819. The van der Waals surface area contributed by atoms with Crippen molar-refractivity contribution in [1.82, 2.24) is 10.3 Å². The normalized spacial score (nSPS) is 19.6. The minimum absolute atomic E-state index is 0.0536. The molecule has 0 aromatic carbocycles. The number of hydrogen-bond acceptors (Lipinski definition) is 5. The first-order valence-corrected chi connectivity index (χ1v) is 6.74. The molecule has 1 aliphatic rings. The van der Waals surface area contributed by atoms with Gasteiger partial charge in [0.2, 0.25) is 0 Å². The first kappa shape index (κ1) is 15.3. The lowest BCUT2D eigenvalue weighted by Gasteiger charge is -2.30. The van der Waals surface area contributed by atoms with Gasteiger partial charge in [-0.1, -0.05) is 11.6 Å². The standard InChI is InChI=1S/C13H16ClFN2O3/c14-9-5-8(11(20)10(19)7-18)6-17-12(9)13(15)1-3-16-4-2-13/h5-6,10,16,18-19H,1-4,7H2/t10-/m0/s1. The average Bonchev–Trinajstić information content (AvgIpc) is 2.46. The molecule has 1 aromatic heterocycles. The molecule has 5 nitrogen and oxygen atoms in total. The molecule has 0 aliphatic carbocycles. The average molecular weight is 303 g/mol. The summed E-state index contributed by atoms with van der Waals surface area (Å²) in [7, 11) is 0. The highest BCUT2D eigenvalue weighted by Gasteiger charge is 2.37. The molecule has 1 atom stereocenters. The molecular formula is C13H16ClFN2O3. The quantitative estimate of drug-likeness (QED) is 0.717. The van der Waals surface area contributed by atoms with E-state index in [-0.39, 0.29) is 29.1 Å². The van der Waals surface area contributed by atoms with Gasteiger partial charge < -0.3 is 15.5 Å². The second kappa shape index (κ2) is 6.13. The number of nitrogens with zero attached hydrogens (tertiary/aromatic N) is 1. The molecule has 7 heteroatoms. The number of rotatable bonds is 4. The van der Waals surface area contributed by atoms with E-state index in [4.69, 9.17) is 16.7 Å². The van der Waals surface area contributed by atoms with Gasteiger partial charge in [-0.05, 0) is 32.0 Å². The van der Waals surface area contributed by atoms with Crippen molar-refractivity contribution in [2.45, 2.75) is 24.6 Å². The third-order valence-electron chi connectivity index (χ3n) is 3.42. The zero-order chi connectivity index (χ0) is 14.8. The van der Waals surface area contributed by atoms with E-state index in [0.717, 1.165) is 0 Å². The minimum Gasteiger partial charge on any atom is -0.393 e. The van der Waals surface area contributed by atoms with E-state index in [0.29, 0.717) is 13.1 Å². The summed E-state index contributed by atoms with van der Waals surface area (Å²) in [5.74, 6) is -0.688. The van der Waals surface area contributed by atoms with Crippen LogP contribution < -0.4 is 5.32 Å². The van der Waals surface area contributed by atoms with Crippen molar-refractivity contribution in [2.24, 2.45) is 0 Å². The molecule has 1 fully saturated rings. The molecule has 0 amide bonds. The molecule has 0 saturated carbocycles. The maximum atomic E-state index is 14.8. The second-order valence-electron chi connectivity index (χ2n) is 4.83. The van der Waals surface area contributed by atoms with Crippen LogP contribution in [0.4, 0.5) is 4.39 Å². The van der Waals surface area contributed by atoms with Gasteiger partial charge in [-0.15, -0.1) is 0 Å². The van der Waals surface area contributed by atoms with Gasteiger partial charge in [0.05, 0.1) is 17.3 Å². The Hall–Kier alpha value is -1.08. The summed E-state index contributed by atoms with van der Waals surface area (Å²) >= 11 is 6.03. The summed E-state index contributed by atoms with van der Waals surface area (Å²) in [5.41, 5.74) is -1.42. The molecule has 0 bridgehead atoms. The molecule has 1 aliphatic heterocycles. The number of aliphatic hydroxyl groups excluding tert-OH is 2. The Morgan fingerprint density at radius 1 is 1.55 bits per heavy atom. The molecule has 0 radical (unpaired) electrons. The zero-order valence-corrected chi connectivity index (χ0v) is 11.5. The van der Waals surface area contributed by atoms with Gasteiger partial charge in [-0.25, -0.2) is 4.39 Å². The van der Waals surface area contributed by atoms with E-state index < -0.39 is 24.2 Å². The van der Waals surface area contributed by atoms with Crippen LogP contribution in [0.15, 0.2) is 12.3 Å². The van der Waals surface area contributed by atoms with Crippen molar-refractivity contribution in [3.05, 3.63) is 28.5 Å². The van der Waals surface area contributed by atoms with Gasteiger partial charge in [-0.2, -0.15) is 0 Å². The Morgan fingerprint density at radius 3 is 2.75 bits per heavy atom. The summed E-state index contributed by atoms with van der Waals surface area (Å²) in [6.45, 7) is 0.397. The van der Waals surface area contributed by atoms with Crippen molar-refractivity contribution in [2.75, 3.05) is 19.7 Å². The molecule has 0 spiro atoms. The smallest absolute Gasteiger partial charge is 0.195 e. The van der Waals surface area contributed by atoms with Gasteiger partial charge in [0.25, 0.3) is 0 Å². The number of ketones is 1. The van der Waals surface area contributed by atoms with E-state index in [2.05, 4.69) is 10.3 Å². The van der Waals surface area contributed by atoms with Crippen LogP contribution in [0.25, 0.3) is 0 Å². The lowest BCUT2D eigenvalue weighted by atomic mass is 9.90. The Kier molecular flexibility index (Phi) is 4.70. The third kappa shape index (κ3) is 2.98. The fourth-order valence-corrected chi connectivity index (χ4v) is 2.57. The van der Waals surface area contributed by atoms with E-state index in [1.165, 1.54) is 12.3 Å². The second-order valence-corrected chi connectivity index (χ2v) is 5.24. The predicted molar refractivity (Wildman–Crippen MR) is 71.6 cm³/mol. The number of nitrogens with one attached hydrogen (secondary N) is 1. The van der Waals surface area contributed by atoms with Gasteiger partial charge in [0.1, 0.15) is 6.10 Å². The molecule has 0 unspecified atom stereocenters. The number of halogens is 2. The van der Waals surface area contributed by atoms with Crippen molar-refractivity contribution in [1.29, 1.82) is 0 Å². The topological polar surface area (TPSA) is 82.5 Å². The lowest BCUT2D eigenvalue weighted by molar-refractivity contribution is 0.0586. The van der Waals surface area contributed by atoms with Crippen molar-refractivity contribution in [3.8, 4) is 0 Å². The fourth-order valence-electron chi connectivity index (χ4n) is 2.24. The molecule has 3 N–H and O–H groups in total. The molecule has 2 heterocycles. The first-order valence-electron chi connectivity index (χ1n) is 6.37. The van der Waals surface area contributed by atoms with Crippen LogP contribution in [0.1, 0.15) is 28.9 Å². The van der Waals surface area contributed by atoms with Gasteiger partial charge in [0, 0.05) is 11.8 Å². The van der Waals surface area contributed by atoms with Crippen LogP contribution in [-0.2, 0) is 5.67 Å². The molecule has 1 saturated heterocycles. The number of aliphatic hydroxyl groups is 2. The number of piperidine rings is 1. The molecule has 1 aromatic rings. The third-order valence-corrected chi connectivity index (χ3v) is 3.71. The van der Waals surface area contributed by atoms with Crippen LogP contribution in [0, 0.1) is 0 Å². The molecular weight excluding hydrogens is 287 g/mol. The van der Waals surface area contributed by atoms with E-state index in [9.17, 15) is 14.3 Å². The Morgan fingerprint density at radius 2 is 2.20 bits per heavy atom. The maximum Gasteiger partial charge on any atom is 0.195 e. The number of hydrogen-bond donors (Lipinski definition) is 3. The number of carbonyl (C=O) groups is 1. The number of carbonyl (C=O) groups excluding carboxylic acids is 1. The summed E-state index contributed by atoms with van der Waals surface area (Å²) < 4.78 is 14.8. The van der Waals surface area contributed by atoms with Crippen molar-refractivity contribution < 1.29 is 19.4 Å². The van der Waals surface area contributed by atoms with E-state index in [1.807, 2.05) is 0 Å². The van der Waals surface area contributed by atoms with Gasteiger partial charge in [-0.3, -0.25) is 9.78 Å². The van der Waals surface area contributed by atoms with Crippen LogP contribution in [0.5, 0.6) is 0 Å². The van der Waals surface area contributed by atoms with E-state index in [1.54, 1.807) is 0 Å². The fraction of sp³-hybridized carbons (Fsp3) is 0.538. The number of alkyl halides is 1. The maximum absolute atomic E-state index is 14.8. The Labute approximate surface area is 120 Å². The van der Waals surface area contributed by atoms with Gasteiger partial charge in [0.15, 0.2) is 11.5 Å². The van der Waals surface area contributed by atoms with Crippen LogP contribution >= 0.6 is 11.6 Å². The van der Waals surface area contributed by atoms with Crippen LogP contribution in [0.3, 0.4) is 0 Å². The highest BCUT2D eigenvalue weighted by Crippen LogP contribution is 2.37. The lowest BCUT2D eigenvalue weighted by Crippen LogP contribution is -2.37. The summed E-state index contributed by atoms with van der Waals surface area (Å²) in [6.07, 6.45) is 0.210. The largest absolute Gasteiger partial charge is 0.393 e. The number of aromatic nitrogens is 1. The summed E-state index contributed by atoms with van der Waals surface area (Å²) in [5, 5.41) is 21.1. The van der Waals surface area contributed by atoms with Crippen LogP contribution in [-0.4, -0.2) is 46.8 Å². The van der Waals surface area contributed by atoms with Crippen molar-refractivity contribution >= 4 is 17.4 Å². The Balaban J connectivity index is 2.28. The van der Waals surface area contributed by atoms with Crippen LogP contribution in [0.2, 0.25) is 5.02 Å². The molecule has 20 heavy (non-hydrogen) atoms. The monoisotopic (exact) mass is 302 g/mol. The minimum atomic E-state index is -1.60. The summed E-state index contributed by atoms with van der Waals surface area (Å²) in [4.78, 5) is 15.6. The van der Waals surface area contributed by atoms with Crippen molar-refractivity contribution in [3.63, 3.8) is 0 Å². The molecule has 110 valence electrons. The highest BCUT2D eigenvalue weighted by atomic mass is 35.5. The number of pyridine rings is 1. The summed E-state index contributed by atoms with van der Waals surface area (Å²) in [6, 6.07) is 1.29.